The number of amides is 1. The van der Waals surface area contributed by atoms with E-state index in [2.05, 4.69) is 35.1 Å². The summed E-state index contributed by atoms with van der Waals surface area (Å²) in [6.07, 6.45) is 0.944. The summed E-state index contributed by atoms with van der Waals surface area (Å²) in [5.74, 6) is 0.139. The third kappa shape index (κ3) is 2.59. The number of hydrogen-bond donors (Lipinski definition) is 1. The Balaban J connectivity index is 2.42. The molecule has 0 saturated carbocycles. The first kappa shape index (κ1) is 13.6. The van der Waals surface area contributed by atoms with Gasteiger partial charge in [0.25, 0.3) is 0 Å². The summed E-state index contributed by atoms with van der Waals surface area (Å²) in [5, 5.41) is 3.26. The number of nitrogens with zero attached hydrogens (tertiary/aromatic N) is 1. The highest BCUT2D eigenvalue weighted by atomic mass is 79.9. The van der Waals surface area contributed by atoms with E-state index in [4.69, 9.17) is 0 Å². The molecule has 4 heteroatoms. The second-order valence-corrected chi connectivity index (χ2v) is 6.30. The molecular weight excluding hydrogens is 292 g/mol. The largest absolute Gasteiger partial charge is 0.306 e. The normalized spacial score (nSPS) is 23.9. The van der Waals surface area contributed by atoms with Crippen LogP contribution in [0.3, 0.4) is 0 Å². The van der Waals surface area contributed by atoms with Crippen LogP contribution in [-0.4, -0.2) is 24.0 Å². The topological polar surface area (TPSA) is 32.3 Å². The van der Waals surface area contributed by atoms with Crippen LogP contribution >= 0.6 is 15.9 Å². The fourth-order valence-corrected chi connectivity index (χ4v) is 2.62. The number of carbonyl (C=O) groups excluding carboxylic acids is 1. The van der Waals surface area contributed by atoms with Crippen molar-refractivity contribution < 1.29 is 4.79 Å². The molecule has 1 N–H and O–H groups in total. The van der Waals surface area contributed by atoms with Crippen LogP contribution in [0.4, 0.5) is 5.69 Å². The molecule has 0 radical (unpaired) electrons. The van der Waals surface area contributed by atoms with Crippen molar-refractivity contribution in [3.05, 3.63) is 28.7 Å². The molecule has 18 heavy (non-hydrogen) atoms. The minimum absolute atomic E-state index is 0.129. The molecule has 0 spiro atoms. The van der Waals surface area contributed by atoms with E-state index in [1.807, 2.05) is 36.1 Å². The van der Waals surface area contributed by atoms with Crippen molar-refractivity contribution in [2.24, 2.45) is 0 Å². The van der Waals surface area contributed by atoms with Crippen molar-refractivity contribution >= 4 is 27.5 Å². The highest BCUT2D eigenvalue weighted by Crippen LogP contribution is 2.30. The van der Waals surface area contributed by atoms with E-state index in [1.165, 1.54) is 0 Å². The number of nitrogens with one attached hydrogen (secondary N) is 1. The Labute approximate surface area is 117 Å². The first-order valence-corrected chi connectivity index (χ1v) is 7.04. The summed E-state index contributed by atoms with van der Waals surface area (Å²) < 4.78 is 1.03. The van der Waals surface area contributed by atoms with Crippen molar-refractivity contribution in [3.8, 4) is 0 Å². The SMILES string of the molecule is CC1NCCC(C)(C)N(c2ccc(Br)cc2)C1=O. The smallest absolute Gasteiger partial charge is 0.244 e. The Kier molecular flexibility index (Phi) is 3.78. The van der Waals surface area contributed by atoms with E-state index in [0.29, 0.717) is 0 Å². The molecule has 1 unspecified atom stereocenters. The zero-order valence-electron chi connectivity index (χ0n) is 11.0. The van der Waals surface area contributed by atoms with Gasteiger partial charge in [0, 0.05) is 15.7 Å². The van der Waals surface area contributed by atoms with Crippen LogP contribution in [-0.2, 0) is 4.79 Å². The van der Waals surface area contributed by atoms with Crippen molar-refractivity contribution in [3.63, 3.8) is 0 Å². The molecule has 1 heterocycles. The Hall–Kier alpha value is -0.870. The molecule has 1 aromatic carbocycles. The standard InChI is InChI=1S/C14H19BrN2O/c1-10-13(18)17(14(2,3)8-9-16-10)12-6-4-11(15)5-7-12/h4-7,10,16H,8-9H2,1-3H3. The molecule has 1 saturated heterocycles. The molecule has 2 rings (SSSR count). The van der Waals surface area contributed by atoms with E-state index in [9.17, 15) is 4.79 Å². The number of hydrogen-bond acceptors (Lipinski definition) is 2. The van der Waals surface area contributed by atoms with Gasteiger partial charge in [-0.1, -0.05) is 15.9 Å². The molecule has 1 aromatic rings. The zero-order valence-corrected chi connectivity index (χ0v) is 12.6. The maximum Gasteiger partial charge on any atom is 0.244 e. The highest BCUT2D eigenvalue weighted by Gasteiger charge is 2.36. The Morgan fingerprint density at radius 2 is 1.94 bits per heavy atom. The monoisotopic (exact) mass is 310 g/mol. The summed E-state index contributed by atoms with van der Waals surface area (Å²) in [4.78, 5) is 14.4. The van der Waals surface area contributed by atoms with Gasteiger partial charge in [0.05, 0.1) is 6.04 Å². The Morgan fingerprint density at radius 3 is 2.56 bits per heavy atom. The minimum Gasteiger partial charge on any atom is -0.306 e. The second kappa shape index (κ2) is 5.02. The fourth-order valence-electron chi connectivity index (χ4n) is 2.35. The number of anilines is 1. The summed E-state index contributed by atoms with van der Waals surface area (Å²) in [5.41, 5.74) is 0.798. The van der Waals surface area contributed by atoms with Gasteiger partial charge >= 0.3 is 0 Å². The van der Waals surface area contributed by atoms with Crippen LogP contribution in [0.2, 0.25) is 0 Å². The quantitative estimate of drug-likeness (QED) is 0.865. The Morgan fingerprint density at radius 1 is 1.33 bits per heavy atom. The summed E-state index contributed by atoms with van der Waals surface area (Å²) in [7, 11) is 0. The van der Waals surface area contributed by atoms with Crippen LogP contribution < -0.4 is 10.2 Å². The lowest BCUT2D eigenvalue weighted by atomic mass is 9.97. The van der Waals surface area contributed by atoms with Crippen molar-refractivity contribution in [2.45, 2.75) is 38.8 Å². The summed E-state index contributed by atoms with van der Waals surface area (Å²) >= 11 is 3.42. The van der Waals surface area contributed by atoms with Crippen molar-refractivity contribution in [1.29, 1.82) is 0 Å². The molecule has 0 aliphatic carbocycles. The van der Waals surface area contributed by atoms with E-state index < -0.39 is 0 Å². The molecule has 1 aliphatic heterocycles. The lowest BCUT2D eigenvalue weighted by molar-refractivity contribution is -0.120. The average molecular weight is 311 g/mol. The van der Waals surface area contributed by atoms with Gasteiger partial charge in [-0.3, -0.25) is 4.79 Å². The first-order chi connectivity index (χ1) is 8.42. The molecule has 0 bridgehead atoms. The van der Waals surface area contributed by atoms with Crippen molar-refractivity contribution in [2.75, 3.05) is 11.4 Å². The lowest BCUT2D eigenvalue weighted by Crippen LogP contribution is -2.50. The lowest BCUT2D eigenvalue weighted by Gasteiger charge is -2.37. The van der Waals surface area contributed by atoms with Crippen LogP contribution in [0.25, 0.3) is 0 Å². The predicted octanol–water partition coefficient (Wildman–Crippen LogP) is 2.94. The van der Waals surface area contributed by atoms with E-state index in [0.717, 1.165) is 23.1 Å². The van der Waals surface area contributed by atoms with Gasteiger partial charge in [-0.2, -0.15) is 0 Å². The summed E-state index contributed by atoms with van der Waals surface area (Å²) in [6.45, 7) is 7.03. The molecule has 98 valence electrons. The van der Waals surface area contributed by atoms with Gasteiger partial charge in [0.2, 0.25) is 5.91 Å². The maximum atomic E-state index is 12.5. The van der Waals surface area contributed by atoms with Crippen LogP contribution in [0, 0.1) is 0 Å². The maximum absolute atomic E-state index is 12.5. The van der Waals surface area contributed by atoms with Gasteiger partial charge in [0.15, 0.2) is 0 Å². The van der Waals surface area contributed by atoms with Gasteiger partial charge in [-0.15, -0.1) is 0 Å². The predicted molar refractivity (Wildman–Crippen MR) is 77.8 cm³/mol. The Bertz CT molecular complexity index is 442. The number of rotatable bonds is 1. The molecule has 1 atom stereocenters. The van der Waals surface area contributed by atoms with Gasteiger partial charge in [-0.25, -0.2) is 0 Å². The molecule has 3 nitrogen and oxygen atoms in total. The van der Waals surface area contributed by atoms with Gasteiger partial charge in [-0.05, 0) is 58.0 Å². The molecule has 1 fully saturated rings. The highest BCUT2D eigenvalue weighted by molar-refractivity contribution is 9.10. The van der Waals surface area contributed by atoms with Crippen LogP contribution in [0.15, 0.2) is 28.7 Å². The third-order valence-electron chi connectivity index (χ3n) is 3.47. The van der Waals surface area contributed by atoms with Gasteiger partial charge < -0.3 is 10.2 Å². The zero-order chi connectivity index (χ0) is 13.3. The average Bonchev–Trinajstić information content (AvgIpc) is 2.39. The van der Waals surface area contributed by atoms with Crippen molar-refractivity contribution in [1.82, 2.24) is 5.32 Å². The fraction of sp³-hybridized carbons (Fsp3) is 0.500. The van der Waals surface area contributed by atoms with Crippen LogP contribution in [0.5, 0.6) is 0 Å². The number of benzene rings is 1. The summed E-state index contributed by atoms with van der Waals surface area (Å²) in [6, 6.07) is 7.79. The molecule has 0 aromatic heterocycles. The first-order valence-electron chi connectivity index (χ1n) is 6.25. The number of halogens is 1. The molecule has 1 aliphatic rings. The van der Waals surface area contributed by atoms with Crippen LogP contribution in [0.1, 0.15) is 27.2 Å². The second-order valence-electron chi connectivity index (χ2n) is 5.39. The van der Waals surface area contributed by atoms with E-state index >= 15 is 0 Å². The molecule has 1 amide bonds. The molecular formula is C14H19BrN2O. The van der Waals surface area contributed by atoms with E-state index in [-0.39, 0.29) is 17.5 Å². The van der Waals surface area contributed by atoms with Gasteiger partial charge in [0.1, 0.15) is 0 Å². The number of carbonyl (C=O) groups is 1. The third-order valence-corrected chi connectivity index (χ3v) is 4.00. The van der Waals surface area contributed by atoms with E-state index in [1.54, 1.807) is 0 Å². The minimum atomic E-state index is -0.164.